The summed E-state index contributed by atoms with van der Waals surface area (Å²) < 4.78 is 5.75. The summed E-state index contributed by atoms with van der Waals surface area (Å²) in [6, 6.07) is 7.50. The molecule has 2 rings (SSSR count). The van der Waals surface area contributed by atoms with Gasteiger partial charge in [-0.2, -0.15) is 0 Å². The third-order valence-electron chi connectivity index (χ3n) is 3.51. The van der Waals surface area contributed by atoms with Gasteiger partial charge < -0.3 is 15.0 Å². The van der Waals surface area contributed by atoms with E-state index in [-0.39, 0.29) is 24.5 Å². The van der Waals surface area contributed by atoms with Crippen molar-refractivity contribution in [2.24, 2.45) is 0 Å². The molecule has 1 aliphatic rings. The maximum absolute atomic E-state index is 12.3. The molecule has 114 valence electrons. The highest BCUT2D eigenvalue weighted by atomic mass is 79.9. The number of halogens is 1. The van der Waals surface area contributed by atoms with E-state index in [1.54, 1.807) is 0 Å². The first kappa shape index (κ1) is 16.0. The molecule has 5 nitrogen and oxygen atoms in total. The Morgan fingerprint density at radius 1 is 1.29 bits per heavy atom. The van der Waals surface area contributed by atoms with Crippen molar-refractivity contribution < 1.29 is 14.3 Å². The van der Waals surface area contributed by atoms with Crippen molar-refractivity contribution in [1.29, 1.82) is 0 Å². The van der Waals surface area contributed by atoms with Crippen LogP contribution >= 0.6 is 15.9 Å². The van der Waals surface area contributed by atoms with Crippen LogP contribution in [0.3, 0.4) is 0 Å². The maximum Gasteiger partial charge on any atom is 0.253 e. The van der Waals surface area contributed by atoms with Gasteiger partial charge >= 0.3 is 0 Å². The van der Waals surface area contributed by atoms with Crippen molar-refractivity contribution in [3.63, 3.8) is 0 Å². The standard InChI is InChI=1S/C15H19BrN2O3/c1-21-10-14(19)17-13-6-8-18(9-7-13)15(20)11-2-4-12(16)5-3-11/h2-5,13H,6-10H2,1H3,(H,17,19). The Bertz CT molecular complexity index is 496. The minimum absolute atomic E-state index is 0.0455. The molecule has 0 aromatic heterocycles. The van der Waals surface area contributed by atoms with Crippen LogP contribution in [0.1, 0.15) is 23.2 Å². The van der Waals surface area contributed by atoms with Gasteiger partial charge in [-0.3, -0.25) is 9.59 Å². The molecule has 1 saturated heterocycles. The highest BCUT2D eigenvalue weighted by Gasteiger charge is 2.24. The fourth-order valence-corrected chi connectivity index (χ4v) is 2.67. The van der Waals surface area contributed by atoms with Crippen LogP contribution in [0.25, 0.3) is 0 Å². The summed E-state index contributed by atoms with van der Waals surface area (Å²) in [6.07, 6.45) is 1.55. The highest BCUT2D eigenvalue weighted by Crippen LogP contribution is 2.16. The lowest BCUT2D eigenvalue weighted by molar-refractivity contribution is -0.125. The normalized spacial score (nSPS) is 15.8. The van der Waals surface area contributed by atoms with Gasteiger partial charge in [0.15, 0.2) is 0 Å². The van der Waals surface area contributed by atoms with Crippen LogP contribution in [-0.2, 0) is 9.53 Å². The van der Waals surface area contributed by atoms with Crippen molar-refractivity contribution in [3.8, 4) is 0 Å². The van der Waals surface area contributed by atoms with Crippen LogP contribution in [-0.4, -0.2) is 49.6 Å². The highest BCUT2D eigenvalue weighted by molar-refractivity contribution is 9.10. The summed E-state index contributed by atoms with van der Waals surface area (Å²) in [5.74, 6) is -0.0562. The van der Waals surface area contributed by atoms with Gasteiger partial charge in [0.2, 0.25) is 5.91 Å². The minimum atomic E-state index is -0.102. The SMILES string of the molecule is COCC(=O)NC1CCN(C(=O)c2ccc(Br)cc2)CC1. The second-order valence-corrected chi connectivity index (χ2v) is 5.99. The fraction of sp³-hybridized carbons (Fsp3) is 0.467. The predicted molar refractivity (Wildman–Crippen MR) is 83.1 cm³/mol. The predicted octanol–water partition coefficient (Wildman–Crippen LogP) is 1.82. The minimum Gasteiger partial charge on any atom is -0.375 e. The number of nitrogens with zero attached hydrogens (tertiary/aromatic N) is 1. The number of hydrogen-bond donors (Lipinski definition) is 1. The number of likely N-dealkylation sites (tertiary alicyclic amines) is 1. The molecular weight excluding hydrogens is 336 g/mol. The van der Waals surface area contributed by atoms with Crippen LogP contribution < -0.4 is 5.32 Å². The van der Waals surface area contributed by atoms with Crippen molar-refractivity contribution in [2.75, 3.05) is 26.8 Å². The summed E-state index contributed by atoms with van der Waals surface area (Å²) in [4.78, 5) is 25.6. The third kappa shape index (κ3) is 4.54. The lowest BCUT2D eigenvalue weighted by Crippen LogP contribution is -2.47. The molecule has 0 radical (unpaired) electrons. The molecule has 1 fully saturated rings. The van der Waals surface area contributed by atoms with E-state index in [9.17, 15) is 9.59 Å². The number of hydrogen-bond acceptors (Lipinski definition) is 3. The number of carbonyl (C=O) groups is 2. The first-order valence-electron chi connectivity index (χ1n) is 6.93. The zero-order valence-corrected chi connectivity index (χ0v) is 13.6. The molecule has 1 aromatic rings. The van der Waals surface area contributed by atoms with Gasteiger partial charge in [-0.1, -0.05) is 15.9 Å². The first-order chi connectivity index (χ1) is 10.1. The zero-order valence-electron chi connectivity index (χ0n) is 12.0. The van der Waals surface area contributed by atoms with Gasteiger partial charge in [0.25, 0.3) is 5.91 Å². The Kier molecular flexibility index (Phi) is 5.76. The number of nitrogens with one attached hydrogen (secondary N) is 1. The zero-order chi connectivity index (χ0) is 15.2. The van der Waals surface area contributed by atoms with Gasteiger partial charge in [-0.15, -0.1) is 0 Å². The third-order valence-corrected chi connectivity index (χ3v) is 4.04. The summed E-state index contributed by atoms with van der Waals surface area (Å²) in [7, 11) is 1.50. The van der Waals surface area contributed by atoms with Gasteiger partial charge in [0, 0.05) is 36.3 Å². The molecule has 6 heteroatoms. The largest absolute Gasteiger partial charge is 0.375 e. The quantitative estimate of drug-likeness (QED) is 0.896. The molecule has 1 aliphatic heterocycles. The van der Waals surface area contributed by atoms with Crippen LogP contribution in [0.2, 0.25) is 0 Å². The maximum atomic E-state index is 12.3. The second kappa shape index (κ2) is 7.56. The summed E-state index contributed by atoms with van der Waals surface area (Å²) >= 11 is 3.36. The Morgan fingerprint density at radius 2 is 1.90 bits per heavy atom. The van der Waals surface area contributed by atoms with Crippen molar-refractivity contribution in [1.82, 2.24) is 10.2 Å². The molecule has 0 spiro atoms. The average molecular weight is 355 g/mol. The summed E-state index contributed by atoms with van der Waals surface area (Å²) in [5, 5.41) is 2.92. The van der Waals surface area contributed by atoms with Crippen molar-refractivity contribution >= 4 is 27.7 Å². The molecule has 1 aromatic carbocycles. The average Bonchev–Trinajstić information content (AvgIpc) is 2.48. The number of ether oxygens (including phenoxy) is 1. The Labute approximate surface area is 132 Å². The van der Waals surface area contributed by atoms with E-state index in [1.807, 2.05) is 29.2 Å². The van der Waals surface area contributed by atoms with E-state index >= 15 is 0 Å². The van der Waals surface area contributed by atoms with E-state index in [0.29, 0.717) is 18.7 Å². The summed E-state index contributed by atoms with van der Waals surface area (Å²) in [6.45, 7) is 1.40. The molecule has 1 heterocycles. The molecule has 1 N–H and O–H groups in total. The molecule has 0 bridgehead atoms. The smallest absolute Gasteiger partial charge is 0.253 e. The first-order valence-corrected chi connectivity index (χ1v) is 7.72. The second-order valence-electron chi connectivity index (χ2n) is 5.07. The monoisotopic (exact) mass is 354 g/mol. The lowest BCUT2D eigenvalue weighted by atomic mass is 10.0. The molecule has 2 amide bonds. The number of amides is 2. The topological polar surface area (TPSA) is 58.6 Å². The van der Waals surface area contributed by atoms with Crippen molar-refractivity contribution in [3.05, 3.63) is 34.3 Å². The number of carbonyl (C=O) groups excluding carboxylic acids is 2. The Balaban J connectivity index is 1.84. The molecule has 0 saturated carbocycles. The number of piperidine rings is 1. The Hall–Kier alpha value is -1.40. The number of methoxy groups -OCH3 is 1. The van der Waals surface area contributed by atoms with E-state index in [0.717, 1.165) is 17.3 Å². The van der Waals surface area contributed by atoms with Crippen molar-refractivity contribution in [2.45, 2.75) is 18.9 Å². The molecule has 0 unspecified atom stereocenters. The molecule has 0 aliphatic carbocycles. The van der Waals surface area contributed by atoms with Crippen LogP contribution in [0.15, 0.2) is 28.7 Å². The molecular formula is C15H19BrN2O3. The van der Waals surface area contributed by atoms with Crippen LogP contribution in [0.4, 0.5) is 0 Å². The van der Waals surface area contributed by atoms with E-state index in [4.69, 9.17) is 4.74 Å². The van der Waals surface area contributed by atoms with Crippen LogP contribution in [0, 0.1) is 0 Å². The van der Waals surface area contributed by atoms with Gasteiger partial charge in [-0.05, 0) is 37.1 Å². The van der Waals surface area contributed by atoms with Gasteiger partial charge in [0.1, 0.15) is 6.61 Å². The lowest BCUT2D eigenvalue weighted by Gasteiger charge is -2.32. The fourth-order valence-electron chi connectivity index (χ4n) is 2.40. The van der Waals surface area contributed by atoms with E-state index in [1.165, 1.54) is 7.11 Å². The van der Waals surface area contributed by atoms with Gasteiger partial charge in [-0.25, -0.2) is 0 Å². The van der Waals surface area contributed by atoms with E-state index < -0.39 is 0 Å². The van der Waals surface area contributed by atoms with E-state index in [2.05, 4.69) is 21.2 Å². The number of rotatable bonds is 4. The molecule has 21 heavy (non-hydrogen) atoms. The Morgan fingerprint density at radius 3 is 2.48 bits per heavy atom. The summed E-state index contributed by atoms with van der Waals surface area (Å²) in [5.41, 5.74) is 0.695. The van der Waals surface area contributed by atoms with Gasteiger partial charge in [0.05, 0.1) is 0 Å². The molecule has 0 atom stereocenters. The number of benzene rings is 1. The van der Waals surface area contributed by atoms with Crippen LogP contribution in [0.5, 0.6) is 0 Å².